The lowest BCUT2D eigenvalue weighted by Crippen LogP contribution is -2.43. The molecule has 1 aromatic carbocycles. The molecule has 1 fully saturated rings. The summed E-state index contributed by atoms with van der Waals surface area (Å²) in [6, 6.07) is 4.44. The fourth-order valence-electron chi connectivity index (χ4n) is 1.90. The van der Waals surface area contributed by atoms with Crippen LogP contribution in [0.15, 0.2) is 18.2 Å². The van der Waals surface area contributed by atoms with Crippen LogP contribution >= 0.6 is 0 Å². The molecule has 0 saturated carbocycles. The molecule has 0 aliphatic carbocycles. The Bertz CT molecular complexity index is 511. The molecule has 1 aliphatic rings. The van der Waals surface area contributed by atoms with E-state index in [0.717, 1.165) is 0 Å². The molecule has 1 heterocycles. The van der Waals surface area contributed by atoms with E-state index in [0.29, 0.717) is 26.3 Å². The first-order valence-electron chi connectivity index (χ1n) is 6.19. The van der Waals surface area contributed by atoms with E-state index in [9.17, 15) is 9.59 Å². The maximum atomic E-state index is 11.9. The number of nitrogen functional groups attached to an aromatic ring is 1. The van der Waals surface area contributed by atoms with Gasteiger partial charge in [-0.1, -0.05) is 6.07 Å². The monoisotopic (exact) mass is 280 g/mol. The van der Waals surface area contributed by atoms with Crippen LogP contribution in [0.25, 0.3) is 0 Å². The van der Waals surface area contributed by atoms with Gasteiger partial charge in [0.2, 0.25) is 0 Å². The Labute approximate surface area is 115 Å². The number of benzene rings is 1. The number of carbonyl (C=O) groups excluding carboxylic acids is 1. The molecule has 108 valence electrons. The number of para-hydroxylation sites is 1. The van der Waals surface area contributed by atoms with Crippen molar-refractivity contribution in [2.24, 2.45) is 0 Å². The molecule has 1 saturated heterocycles. The van der Waals surface area contributed by atoms with Crippen molar-refractivity contribution in [3.8, 4) is 5.75 Å². The van der Waals surface area contributed by atoms with Crippen LogP contribution in [0.2, 0.25) is 0 Å². The molecule has 7 heteroatoms. The van der Waals surface area contributed by atoms with Crippen LogP contribution in [0, 0.1) is 0 Å². The zero-order valence-corrected chi connectivity index (χ0v) is 10.9. The van der Waals surface area contributed by atoms with Gasteiger partial charge in [0.1, 0.15) is 5.75 Å². The first-order valence-corrected chi connectivity index (χ1v) is 6.19. The van der Waals surface area contributed by atoms with Gasteiger partial charge >= 0.3 is 5.97 Å². The number of ether oxygens (including phenoxy) is 2. The first kappa shape index (κ1) is 14.1. The van der Waals surface area contributed by atoms with Gasteiger partial charge in [-0.15, -0.1) is 0 Å². The van der Waals surface area contributed by atoms with Crippen LogP contribution in [-0.4, -0.2) is 54.8 Å². The highest BCUT2D eigenvalue weighted by molar-refractivity contribution is 5.95. The highest BCUT2D eigenvalue weighted by atomic mass is 16.5. The van der Waals surface area contributed by atoms with Crippen LogP contribution < -0.4 is 10.5 Å². The standard InChI is InChI=1S/C13H16N2O5/c14-12-9(13(17)18)2-1-3-10(12)20-8-11(16)15-4-6-19-7-5-15/h1-3H,4-8,14H2,(H,17,18). The maximum Gasteiger partial charge on any atom is 0.337 e. The van der Waals surface area contributed by atoms with E-state index in [-0.39, 0.29) is 29.5 Å². The molecule has 7 nitrogen and oxygen atoms in total. The van der Waals surface area contributed by atoms with Crippen LogP contribution in [0.1, 0.15) is 10.4 Å². The van der Waals surface area contributed by atoms with Crippen LogP contribution in [-0.2, 0) is 9.53 Å². The Morgan fingerprint density at radius 1 is 1.35 bits per heavy atom. The van der Waals surface area contributed by atoms with Gasteiger partial charge in [0.05, 0.1) is 24.5 Å². The maximum absolute atomic E-state index is 11.9. The number of carbonyl (C=O) groups is 2. The molecule has 3 N–H and O–H groups in total. The van der Waals surface area contributed by atoms with Gasteiger partial charge in [-0.05, 0) is 12.1 Å². The van der Waals surface area contributed by atoms with Crippen molar-refractivity contribution in [1.29, 1.82) is 0 Å². The van der Waals surface area contributed by atoms with Gasteiger partial charge < -0.3 is 25.2 Å². The SMILES string of the molecule is Nc1c(OCC(=O)N2CCOCC2)cccc1C(=O)O. The molecule has 0 bridgehead atoms. The first-order chi connectivity index (χ1) is 9.59. The fourth-order valence-corrected chi connectivity index (χ4v) is 1.90. The molecule has 0 aromatic heterocycles. The molecule has 1 amide bonds. The van der Waals surface area contributed by atoms with Crippen molar-refractivity contribution in [3.63, 3.8) is 0 Å². The lowest BCUT2D eigenvalue weighted by atomic mass is 10.1. The molecule has 0 spiro atoms. The van der Waals surface area contributed by atoms with E-state index in [4.69, 9.17) is 20.3 Å². The molecule has 20 heavy (non-hydrogen) atoms. The number of nitrogens with two attached hydrogens (primary N) is 1. The number of rotatable bonds is 4. The summed E-state index contributed by atoms with van der Waals surface area (Å²) in [6.07, 6.45) is 0. The quantitative estimate of drug-likeness (QED) is 0.764. The minimum absolute atomic E-state index is 0.0229. The smallest absolute Gasteiger partial charge is 0.337 e. The fraction of sp³-hybridized carbons (Fsp3) is 0.385. The Hall–Kier alpha value is -2.28. The molecule has 0 atom stereocenters. The predicted molar refractivity (Wildman–Crippen MR) is 70.7 cm³/mol. The number of aromatic carboxylic acids is 1. The third-order valence-corrected chi connectivity index (χ3v) is 3.01. The van der Waals surface area contributed by atoms with E-state index >= 15 is 0 Å². The van der Waals surface area contributed by atoms with Crippen molar-refractivity contribution in [2.45, 2.75) is 0 Å². The minimum atomic E-state index is -1.13. The Morgan fingerprint density at radius 3 is 2.70 bits per heavy atom. The van der Waals surface area contributed by atoms with Crippen molar-refractivity contribution < 1.29 is 24.2 Å². The number of hydrogen-bond donors (Lipinski definition) is 2. The molecule has 1 aromatic rings. The molecule has 0 unspecified atom stereocenters. The van der Waals surface area contributed by atoms with E-state index in [1.165, 1.54) is 18.2 Å². The van der Waals surface area contributed by atoms with Crippen molar-refractivity contribution >= 4 is 17.6 Å². The lowest BCUT2D eigenvalue weighted by molar-refractivity contribution is -0.137. The highest BCUT2D eigenvalue weighted by Crippen LogP contribution is 2.25. The molecule has 2 rings (SSSR count). The average Bonchev–Trinajstić information content (AvgIpc) is 2.46. The van der Waals surface area contributed by atoms with E-state index < -0.39 is 5.97 Å². The van der Waals surface area contributed by atoms with E-state index in [1.54, 1.807) is 4.90 Å². The summed E-state index contributed by atoms with van der Waals surface area (Å²) in [5.41, 5.74) is 5.68. The molecular weight excluding hydrogens is 264 g/mol. The highest BCUT2D eigenvalue weighted by Gasteiger charge is 2.18. The van der Waals surface area contributed by atoms with Crippen LogP contribution in [0.3, 0.4) is 0 Å². The zero-order chi connectivity index (χ0) is 14.5. The van der Waals surface area contributed by atoms with Gasteiger partial charge in [-0.2, -0.15) is 0 Å². The Kier molecular flexibility index (Phi) is 4.41. The molecular formula is C13H16N2O5. The van der Waals surface area contributed by atoms with Crippen molar-refractivity contribution in [3.05, 3.63) is 23.8 Å². The molecule has 1 aliphatic heterocycles. The van der Waals surface area contributed by atoms with Crippen molar-refractivity contribution in [2.75, 3.05) is 38.6 Å². The summed E-state index contributed by atoms with van der Waals surface area (Å²) in [7, 11) is 0. The molecule has 0 radical (unpaired) electrons. The largest absolute Gasteiger partial charge is 0.482 e. The number of nitrogens with zero attached hydrogens (tertiary/aromatic N) is 1. The summed E-state index contributed by atoms with van der Waals surface area (Å²) in [5.74, 6) is -1.10. The van der Waals surface area contributed by atoms with Gasteiger partial charge in [0, 0.05) is 13.1 Å². The van der Waals surface area contributed by atoms with E-state index in [1.807, 2.05) is 0 Å². The normalized spacial score (nSPS) is 14.9. The number of carboxylic acid groups (broad SMARTS) is 1. The number of carboxylic acids is 1. The van der Waals surface area contributed by atoms with Crippen molar-refractivity contribution in [1.82, 2.24) is 4.90 Å². The number of anilines is 1. The van der Waals surface area contributed by atoms with E-state index in [2.05, 4.69) is 0 Å². The predicted octanol–water partition coefficient (Wildman–Crippen LogP) is 0.205. The topological polar surface area (TPSA) is 102 Å². The summed E-state index contributed by atoms with van der Waals surface area (Å²) in [6.45, 7) is 1.93. The average molecular weight is 280 g/mol. The third-order valence-electron chi connectivity index (χ3n) is 3.01. The van der Waals surface area contributed by atoms with Gasteiger partial charge in [0.15, 0.2) is 6.61 Å². The van der Waals surface area contributed by atoms with Gasteiger partial charge in [-0.25, -0.2) is 4.79 Å². The second kappa shape index (κ2) is 6.25. The van der Waals surface area contributed by atoms with Crippen LogP contribution in [0.4, 0.5) is 5.69 Å². The lowest BCUT2D eigenvalue weighted by Gasteiger charge is -2.26. The minimum Gasteiger partial charge on any atom is -0.482 e. The second-order valence-corrected chi connectivity index (χ2v) is 4.30. The Morgan fingerprint density at radius 2 is 2.05 bits per heavy atom. The number of hydrogen-bond acceptors (Lipinski definition) is 5. The zero-order valence-electron chi connectivity index (χ0n) is 10.9. The van der Waals surface area contributed by atoms with Crippen LogP contribution in [0.5, 0.6) is 5.75 Å². The second-order valence-electron chi connectivity index (χ2n) is 4.30. The van der Waals surface area contributed by atoms with Gasteiger partial charge in [0.25, 0.3) is 5.91 Å². The summed E-state index contributed by atoms with van der Waals surface area (Å²) in [4.78, 5) is 24.5. The Balaban J connectivity index is 1.98. The number of amides is 1. The summed E-state index contributed by atoms with van der Waals surface area (Å²) in [5, 5.41) is 8.95. The summed E-state index contributed by atoms with van der Waals surface area (Å²) < 4.78 is 10.5. The summed E-state index contributed by atoms with van der Waals surface area (Å²) >= 11 is 0. The number of morpholine rings is 1. The third kappa shape index (κ3) is 3.18. The van der Waals surface area contributed by atoms with Gasteiger partial charge in [-0.3, -0.25) is 4.79 Å².